The van der Waals surface area contributed by atoms with Crippen LogP contribution < -0.4 is 4.74 Å². The normalized spacial score (nSPS) is 14.4. The molecule has 0 amide bonds. The van der Waals surface area contributed by atoms with Crippen molar-refractivity contribution in [3.63, 3.8) is 0 Å². The molecular formula is C26H31NO2. The van der Waals surface area contributed by atoms with E-state index in [0.29, 0.717) is 6.61 Å². The zero-order valence-corrected chi connectivity index (χ0v) is 17.6. The lowest BCUT2D eigenvalue weighted by molar-refractivity contribution is 0.0476. The monoisotopic (exact) mass is 389 g/mol. The molecule has 152 valence electrons. The van der Waals surface area contributed by atoms with Crippen LogP contribution in [0.3, 0.4) is 0 Å². The Hall–Kier alpha value is -2.62. The number of aliphatic hydroxyl groups is 1. The van der Waals surface area contributed by atoms with Gasteiger partial charge in [-0.3, -0.25) is 0 Å². The molecule has 2 atom stereocenters. The molecule has 0 aliphatic rings. The van der Waals surface area contributed by atoms with E-state index < -0.39 is 5.60 Å². The van der Waals surface area contributed by atoms with E-state index in [0.717, 1.165) is 35.4 Å². The van der Waals surface area contributed by atoms with Crippen LogP contribution in [0.25, 0.3) is 0 Å². The lowest BCUT2D eigenvalue weighted by atomic mass is 9.72. The molecule has 0 radical (unpaired) electrons. The average molecular weight is 390 g/mol. The fourth-order valence-corrected chi connectivity index (χ4v) is 3.87. The smallest absolute Gasteiger partial charge is 0.121 e. The average Bonchev–Trinajstić information content (AvgIpc) is 2.76. The number of rotatable bonds is 9. The zero-order valence-electron chi connectivity index (χ0n) is 17.6. The largest absolute Gasteiger partial charge is 0.492 e. The van der Waals surface area contributed by atoms with Crippen molar-refractivity contribution in [2.75, 3.05) is 27.2 Å². The van der Waals surface area contributed by atoms with Gasteiger partial charge in [0.2, 0.25) is 0 Å². The fourth-order valence-electron chi connectivity index (χ4n) is 3.87. The fraction of sp³-hybridized carbons (Fsp3) is 0.308. The van der Waals surface area contributed by atoms with Gasteiger partial charge in [-0.1, -0.05) is 79.7 Å². The van der Waals surface area contributed by atoms with Crippen LogP contribution in [0.1, 0.15) is 36.0 Å². The molecule has 29 heavy (non-hydrogen) atoms. The Morgan fingerprint density at radius 2 is 1.38 bits per heavy atom. The van der Waals surface area contributed by atoms with E-state index in [-0.39, 0.29) is 5.92 Å². The van der Waals surface area contributed by atoms with Crippen molar-refractivity contribution in [1.82, 2.24) is 4.90 Å². The van der Waals surface area contributed by atoms with E-state index in [9.17, 15) is 5.11 Å². The summed E-state index contributed by atoms with van der Waals surface area (Å²) in [5.41, 5.74) is 1.78. The van der Waals surface area contributed by atoms with Crippen molar-refractivity contribution in [2.24, 2.45) is 0 Å². The van der Waals surface area contributed by atoms with Crippen LogP contribution in [-0.4, -0.2) is 37.3 Å². The second kappa shape index (κ2) is 9.73. The van der Waals surface area contributed by atoms with Crippen molar-refractivity contribution in [3.05, 3.63) is 102 Å². The topological polar surface area (TPSA) is 32.7 Å². The molecule has 3 nitrogen and oxygen atoms in total. The van der Waals surface area contributed by atoms with Crippen molar-refractivity contribution < 1.29 is 9.84 Å². The molecule has 1 N–H and O–H groups in total. The van der Waals surface area contributed by atoms with Crippen LogP contribution in [-0.2, 0) is 5.60 Å². The van der Waals surface area contributed by atoms with Crippen molar-refractivity contribution in [2.45, 2.75) is 24.9 Å². The van der Waals surface area contributed by atoms with Crippen LogP contribution in [0.15, 0.2) is 84.9 Å². The predicted molar refractivity (Wildman–Crippen MR) is 119 cm³/mol. The molecule has 0 aliphatic heterocycles. The van der Waals surface area contributed by atoms with Crippen LogP contribution >= 0.6 is 0 Å². The van der Waals surface area contributed by atoms with Crippen LogP contribution in [0.2, 0.25) is 0 Å². The summed E-state index contributed by atoms with van der Waals surface area (Å²) in [6.07, 6.45) is 0.816. The summed E-state index contributed by atoms with van der Waals surface area (Å²) in [4.78, 5) is 2.09. The predicted octanol–water partition coefficient (Wildman–Crippen LogP) is 5.06. The van der Waals surface area contributed by atoms with Gasteiger partial charge in [0.05, 0.1) is 0 Å². The molecule has 0 bridgehead atoms. The van der Waals surface area contributed by atoms with Gasteiger partial charge in [-0.2, -0.15) is 0 Å². The number of benzene rings is 3. The maximum absolute atomic E-state index is 12.2. The molecule has 0 aliphatic carbocycles. The minimum Gasteiger partial charge on any atom is -0.492 e. The Bertz CT molecular complexity index is 862. The van der Waals surface area contributed by atoms with Gasteiger partial charge in [-0.05, 0) is 49.3 Å². The van der Waals surface area contributed by atoms with E-state index in [1.54, 1.807) is 0 Å². The molecule has 0 saturated heterocycles. The van der Waals surface area contributed by atoms with Crippen LogP contribution in [0.4, 0.5) is 0 Å². The van der Waals surface area contributed by atoms with E-state index in [1.807, 2.05) is 86.9 Å². The van der Waals surface area contributed by atoms with Gasteiger partial charge in [-0.25, -0.2) is 0 Å². The molecule has 0 fully saturated rings. The lowest BCUT2D eigenvalue weighted by Crippen LogP contribution is -2.34. The summed E-state index contributed by atoms with van der Waals surface area (Å²) in [6, 6.07) is 28.1. The van der Waals surface area contributed by atoms with Crippen LogP contribution in [0, 0.1) is 0 Å². The van der Waals surface area contributed by atoms with E-state index in [4.69, 9.17) is 4.74 Å². The van der Waals surface area contributed by atoms with Gasteiger partial charge in [-0.15, -0.1) is 0 Å². The van der Waals surface area contributed by atoms with Gasteiger partial charge >= 0.3 is 0 Å². The molecule has 3 aromatic rings. The number of ether oxygens (including phenoxy) is 1. The Morgan fingerprint density at radius 3 is 1.93 bits per heavy atom. The first-order chi connectivity index (χ1) is 14.1. The highest BCUT2D eigenvalue weighted by Crippen LogP contribution is 2.44. The highest BCUT2D eigenvalue weighted by molar-refractivity contribution is 5.43. The van der Waals surface area contributed by atoms with E-state index in [1.165, 1.54) is 0 Å². The molecule has 0 spiro atoms. The minimum absolute atomic E-state index is 0.0633. The third kappa shape index (κ3) is 4.87. The maximum atomic E-state index is 12.2. The summed E-state index contributed by atoms with van der Waals surface area (Å²) in [5, 5.41) is 12.2. The first kappa shape index (κ1) is 21.1. The Labute approximate surface area is 174 Å². The Kier molecular flexibility index (Phi) is 7.08. The summed E-state index contributed by atoms with van der Waals surface area (Å²) in [7, 11) is 4.06. The van der Waals surface area contributed by atoms with Gasteiger partial charge in [0.15, 0.2) is 0 Å². The number of likely N-dealkylation sites (N-methyl/N-ethyl adjacent to an activating group) is 1. The highest BCUT2D eigenvalue weighted by Gasteiger charge is 2.40. The Morgan fingerprint density at radius 1 is 0.828 bits per heavy atom. The summed E-state index contributed by atoms with van der Waals surface area (Å²) >= 11 is 0. The van der Waals surface area contributed by atoms with Crippen molar-refractivity contribution in [3.8, 4) is 5.75 Å². The molecule has 3 aromatic carbocycles. The summed E-state index contributed by atoms with van der Waals surface area (Å²) in [6.45, 7) is 3.63. The first-order valence-electron chi connectivity index (χ1n) is 10.3. The zero-order chi connectivity index (χ0) is 20.7. The molecule has 0 aromatic heterocycles. The molecule has 3 heteroatoms. The van der Waals surface area contributed by atoms with Crippen LogP contribution in [0.5, 0.6) is 5.75 Å². The minimum atomic E-state index is -1.13. The van der Waals surface area contributed by atoms with E-state index in [2.05, 4.69) is 24.0 Å². The van der Waals surface area contributed by atoms with Crippen molar-refractivity contribution in [1.29, 1.82) is 0 Å². The Balaban J connectivity index is 1.98. The molecule has 2 unspecified atom stereocenters. The third-order valence-corrected chi connectivity index (χ3v) is 5.43. The lowest BCUT2D eigenvalue weighted by Gasteiger charge is -2.37. The molecule has 0 saturated carbocycles. The summed E-state index contributed by atoms with van der Waals surface area (Å²) < 4.78 is 5.84. The van der Waals surface area contributed by atoms with Gasteiger partial charge in [0, 0.05) is 12.5 Å². The third-order valence-electron chi connectivity index (χ3n) is 5.43. The number of hydrogen-bond donors (Lipinski definition) is 1. The first-order valence-corrected chi connectivity index (χ1v) is 10.3. The SMILES string of the molecule is CCC(c1ccccc1)C(O)(c1ccccc1)c1ccc(OCCN(C)C)cc1. The quantitative estimate of drug-likeness (QED) is 0.555. The van der Waals surface area contributed by atoms with Gasteiger partial charge < -0.3 is 14.7 Å². The van der Waals surface area contributed by atoms with E-state index >= 15 is 0 Å². The maximum Gasteiger partial charge on any atom is 0.121 e. The second-order valence-electron chi connectivity index (χ2n) is 7.68. The number of nitrogens with zero attached hydrogens (tertiary/aromatic N) is 1. The summed E-state index contributed by atoms with van der Waals surface area (Å²) in [5.74, 6) is 0.755. The standard InChI is InChI=1S/C26H31NO2/c1-4-25(21-11-7-5-8-12-21)26(28,22-13-9-6-10-14-22)23-15-17-24(18-16-23)29-20-19-27(2)3/h5-18,25,28H,4,19-20H2,1-3H3. The highest BCUT2D eigenvalue weighted by atomic mass is 16.5. The number of hydrogen-bond acceptors (Lipinski definition) is 3. The second-order valence-corrected chi connectivity index (χ2v) is 7.68. The van der Waals surface area contributed by atoms with Crippen molar-refractivity contribution >= 4 is 0 Å². The molecular weight excluding hydrogens is 358 g/mol. The molecule has 0 heterocycles. The molecule has 3 rings (SSSR count). The van der Waals surface area contributed by atoms with Gasteiger partial charge in [0.25, 0.3) is 0 Å². The van der Waals surface area contributed by atoms with Gasteiger partial charge in [0.1, 0.15) is 18.0 Å².